The number of amides is 2. The molecule has 0 aromatic carbocycles. The molecule has 1 aromatic rings. The summed E-state index contributed by atoms with van der Waals surface area (Å²) in [6.45, 7) is 0.610. The number of anilines is 1. The van der Waals surface area contributed by atoms with Crippen molar-refractivity contribution in [3.8, 4) is 0 Å². The van der Waals surface area contributed by atoms with Gasteiger partial charge in [0, 0.05) is 12.7 Å². The van der Waals surface area contributed by atoms with Crippen LogP contribution in [0.5, 0.6) is 0 Å². The van der Waals surface area contributed by atoms with Gasteiger partial charge in [0.25, 0.3) is 0 Å². The molecule has 0 atom stereocenters. The summed E-state index contributed by atoms with van der Waals surface area (Å²) in [6, 6.07) is 2.72. The highest BCUT2D eigenvalue weighted by molar-refractivity contribution is 5.98. The van der Waals surface area contributed by atoms with Crippen LogP contribution in [0.15, 0.2) is 18.3 Å². The fourth-order valence-electron chi connectivity index (χ4n) is 2.71. The van der Waals surface area contributed by atoms with Gasteiger partial charge >= 0.3 is 12.0 Å². The Hall–Kier alpha value is -2.11. The molecule has 1 aliphatic carbocycles. The number of rotatable bonds is 5. The molecule has 1 aromatic heterocycles. The summed E-state index contributed by atoms with van der Waals surface area (Å²) in [5.74, 6) is -0.458. The summed E-state index contributed by atoms with van der Waals surface area (Å²) < 4.78 is 0. The molecule has 0 spiro atoms. The second-order valence-electron chi connectivity index (χ2n) is 5.38. The van der Waals surface area contributed by atoms with Crippen LogP contribution in [0, 0.1) is 5.92 Å². The van der Waals surface area contributed by atoms with Gasteiger partial charge in [0.05, 0.1) is 5.69 Å². The Morgan fingerprint density at radius 1 is 1.29 bits per heavy atom. The summed E-state index contributed by atoms with van der Waals surface area (Å²) in [4.78, 5) is 26.5. The van der Waals surface area contributed by atoms with Crippen LogP contribution in [0.1, 0.15) is 49.0 Å². The van der Waals surface area contributed by atoms with Gasteiger partial charge in [-0.1, -0.05) is 32.1 Å². The highest BCUT2D eigenvalue weighted by atomic mass is 16.4. The van der Waals surface area contributed by atoms with Gasteiger partial charge in [-0.05, 0) is 24.5 Å². The van der Waals surface area contributed by atoms with Crippen LogP contribution in [0.2, 0.25) is 0 Å². The number of nitrogens with one attached hydrogen (secondary N) is 2. The van der Waals surface area contributed by atoms with E-state index in [1.165, 1.54) is 44.4 Å². The van der Waals surface area contributed by atoms with Gasteiger partial charge in [-0.3, -0.25) is 0 Å². The van der Waals surface area contributed by atoms with Crippen LogP contribution in [0.3, 0.4) is 0 Å². The van der Waals surface area contributed by atoms with E-state index in [2.05, 4.69) is 15.6 Å². The predicted octanol–water partition coefficient (Wildman–Crippen LogP) is 2.87. The van der Waals surface area contributed by atoms with E-state index in [1.54, 1.807) is 6.07 Å². The van der Waals surface area contributed by atoms with E-state index in [0.29, 0.717) is 12.5 Å². The van der Waals surface area contributed by atoms with E-state index < -0.39 is 5.97 Å². The molecule has 0 unspecified atom stereocenters. The first kappa shape index (κ1) is 15.3. The molecule has 21 heavy (non-hydrogen) atoms. The smallest absolute Gasteiger partial charge is 0.356 e. The Morgan fingerprint density at radius 2 is 2.05 bits per heavy atom. The number of carbonyl (C=O) groups is 2. The van der Waals surface area contributed by atoms with E-state index in [9.17, 15) is 9.59 Å². The second-order valence-corrected chi connectivity index (χ2v) is 5.38. The van der Waals surface area contributed by atoms with Crippen molar-refractivity contribution < 1.29 is 14.7 Å². The SMILES string of the molecule is O=C(NCCC1CCCCC1)Nc1cccnc1C(=O)O. The van der Waals surface area contributed by atoms with Crippen molar-refractivity contribution in [3.05, 3.63) is 24.0 Å². The number of carboxylic acids is 1. The molecule has 1 fully saturated rings. The number of hydrogen-bond donors (Lipinski definition) is 3. The lowest BCUT2D eigenvalue weighted by Crippen LogP contribution is -2.31. The quantitative estimate of drug-likeness (QED) is 0.778. The molecule has 0 aliphatic heterocycles. The summed E-state index contributed by atoms with van der Waals surface area (Å²) >= 11 is 0. The van der Waals surface area contributed by atoms with Gasteiger partial charge in [-0.2, -0.15) is 0 Å². The third kappa shape index (κ3) is 4.73. The zero-order valence-corrected chi connectivity index (χ0v) is 12.0. The molecule has 114 valence electrons. The number of nitrogens with zero attached hydrogens (tertiary/aromatic N) is 1. The first-order valence-corrected chi connectivity index (χ1v) is 7.40. The molecular formula is C15H21N3O3. The van der Waals surface area contributed by atoms with Crippen LogP contribution in [-0.2, 0) is 0 Å². The first-order chi connectivity index (χ1) is 10.2. The summed E-state index contributed by atoms with van der Waals surface area (Å²) in [7, 11) is 0. The zero-order chi connectivity index (χ0) is 15.1. The van der Waals surface area contributed by atoms with Gasteiger partial charge in [0.1, 0.15) is 0 Å². The van der Waals surface area contributed by atoms with E-state index >= 15 is 0 Å². The van der Waals surface area contributed by atoms with Crippen molar-refractivity contribution in [2.45, 2.75) is 38.5 Å². The molecule has 1 saturated carbocycles. The van der Waals surface area contributed by atoms with Crippen LogP contribution < -0.4 is 10.6 Å². The van der Waals surface area contributed by atoms with Crippen molar-refractivity contribution in [1.82, 2.24) is 10.3 Å². The Labute approximate surface area is 124 Å². The van der Waals surface area contributed by atoms with Crippen molar-refractivity contribution in [2.24, 2.45) is 5.92 Å². The summed E-state index contributed by atoms with van der Waals surface area (Å²) in [6.07, 6.45) is 8.75. The molecule has 0 bridgehead atoms. The van der Waals surface area contributed by atoms with Crippen molar-refractivity contribution in [2.75, 3.05) is 11.9 Å². The van der Waals surface area contributed by atoms with Crippen LogP contribution in [0.25, 0.3) is 0 Å². The molecule has 0 saturated heterocycles. The number of carboxylic acid groups (broad SMARTS) is 1. The van der Waals surface area contributed by atoms with Crippen molar-refractivity contribution in [1.29, 1.82) is 0 Å². The Kier molecular flexibility index (Phi) is 5.54. The standard InChI is InChI=1S/C15H21N3O3/c19-14(20)13-12(7-4-9-16-13)18-15(21)17-10-8-11-5-2-1-3-6-11/h4,7,9,11H,1-3,5-6,8,10H2,(H,19,20)(H2,17,18,21). The molecule has 1 heterocycles. The zero-order valence-electron chi connectivity index (χ0n) is 12.0. The van der Waals surface area contributed by atoms with Gasteiger partial charge < -0.3 is 15.7 Å². The van der Waals surface area contributed by atoms with Gasteiger partial charge in [-0.25, -0.2) is 14.6 Å². The minimum Gasteiger partial charge on any atom is -0.476 e. The second kappa shape index (κ2) is 7.61. The maximum Gasteiger partial charge on any atom is 0.356 e. The van der Waals surface area contributed by atoms with Gasteiger partial charge in [0.2, 0.25) is 0 Å². The number of pyridine rings is 1. The van der Waals surface area contributed by atoms with Crippen molar-refractivity contribution in [3.63, 3.8) is 0 Å². The minimum absolute atomic E-state index is 0.153. The van der Waals surface area contributed by atoms with Gasteiger partial charge in [0.15, 0.2) is 5.69 Å². The Morgan fingerprint density at radius 3 is 2.76 bits per heavy atom. The molecule has 1 aliphatic rings. The number of carbonyl (C=O) groups excluding carboxylic acids is 1. The Balaban J connectivity index is 1.78. The Bertz CT molecular complexity index is 499. The minimum atomic E-state index is -1.16. The average Bonchev–Trinajstić information content (AvgIpc) is 2.48. The maximum atomic E-state index is 11.8. The van der Waals surface area contributed by atoms with E-state index in [-0.39, 0.29) is 17.4 Å². The fraction of sp³-hybridized carbons (Fsp3) is 0.533. The maximum absolute atomic E-state index is 11.8. The van der Waals surface area contributed by atoms with E-state index in [0.717, 1.165) is 6.42 Å². The highest BCUT2D eigenvalue weighted by Crippen LogP contribution is 2.25. The lowest BCUT2D eigenvalue weighted by molar-refractivity contribution is 0.0691. The van der Waals surface area contributed by atoms with E-state index in [4.69, 9.17) is 5.11 Å². The van der Waals surface area contributed by atoms with Crippen LogP contribution >= 0.6 is 0 Å². The van der Waals surface area contributed by atoms with Crippen molar-refractivity contribution >= 4 is 17.7 Å². The third-order valence-corrected chi connectivity index (χ3v) is 3.82. The van der Waals surface area contributed by atoms with Crippen LogP contribution in [-0.4, -0.2) is 28.6 Å². The topological polar surface area (TPSA) is 91.3 Å². The largest absolute Gasteiger partial charge is 0.476 e. The lowest BCUT2D eigenvalue weighted by atomic mass is 9.87. The normalized spacial score (nSPS) is 15.4. The first-order valence-electron chi connectivity index (χ1n) is 7.40. The number of urea groups is 1. The highest BCUT2D eigenvalue weighted by Gasteiger charge is 2.15. The molecular weight excluding hydrogens is 270 g/mol. The molecule has 2 rings (SSSR count). The molecule has 6 nitrogen and oxygen atoms in total. The number of aromatic carboxylic acids is 1. The number of aromatic nitrogens is 1. The average molecular weight is 291 g/mol. The molecule has 2 amide bonds. The summed E-state index contributed by atoms with van der Waals surface area (Å²) in [5, 5.41) is 14.3. The summed E-state index contributed by atoms with van der Waals surface area (Å²) in [5.41, 5.74) is 0.0556. The lowest BCUT2D eigenvalue weighted by Gasteiger charge is -2.21. The van der Waals surface area contributed by atoms with Gasteiger partial charge in [-0.15, -0.1) is 0 Å². The predicted molar refractivity (Wildman–Crippen MR) is 79.4 cm³/mol. The fourth-order valence-corrected chi connectivity index (χ4v) is 2.71. The monoisotopic (exact) mass is 291 g/mol. The molecule has 3 N–H and O–H groups in total. The van der Waals surface area contributed by atoms with Crippen LogP contribution in [0.4, 0.5) is 10.5 Å². The third-order valence-electron chi connectivity index (χ3n) is 3.82. The molecule has 0 radical (unpaired) electrons. The molecule has 6 heteroatoms. The number of hydrogen-bond acceptors (Lipinski definition) is 3. The van der Waals surface area contributed by atoms with E-state index in [1.807, 2.05) is 0 Å².